The summed E-state index contributed by atoms with van der Waals surface area (Å²) in [6.45, 7) is 6.31. The second-order valence-electron chi connectivity index (χ2n) is 6.38. The van der Waals surface area contributed by atoms with Crippen LogP contribution in [0.25, 0.3) is 0 Å². The first-order valence-electron chi connectivity index (χ1n) is 6.89. The second kappa shape index (κ2) is 5.17. The maximum absolute atomic E-state index is 12.6. The van der Waals surface area contributed by atoms with Crippen molar-refractivity contribution in [2.45, 2.75) is 46.0 Å². The topological polar surface area (TPSA) is 20.3 Å². The lowest BCUT2D eigenvalue weighted by molar-refractivity contribution is -0.140. The molecule has 1 aliphatic carbocycles. The molecular formula is C14H24ClNO. The van der Waals surface area contributed by atoms with Gasteiger partial charge in [0.15, 0.2) is 0 Å². The standard InChI is InChI=1S/C14H24ClNO/c1-14(2)7-4-3-5-12(14)13(17)16-8-6-11(9-15)10-16/h11-12H,3-10H2,1-2H3. The fourth-order valence-corrected chi connectivity index (χ4v) is 3.58. The van der Waals surface area contributed by atoms with E-state index in [-0.39, 0.29) is 11.3 Å². The molecule has 0 aromatic carbocycles. The summed E-state index contributed by atoms with van der Waals surface area (Å²) in [5, 5.41) is 0. The van der Waals surface area contributed by atoms with Gasteiger partial charge in [0.2, 0.25) is 5.91 Å². The van der Waals surface area contributed by atoms with Gasteiger partial charge in [-0.25, -0.2) is 0 Å². The molecule has 1 saturated carbocycles. The maximum atomic E-state index is 12.6. The van der Waals surface area contributed by atoms with Gasteiger partial charge in [0.1, 0.15) is 0 Å². The Kier molecular flexibility index (Phi) is 4.02. The number of likely N-dealkylation sites (tertiary alicyclic amines) is 1. The summed E-state index contributed by atoms with van der Waals surface area (Å²) in [7, 11) is 0. The summed E-state index contributed by atoms with van der Waals surface area (Å²) in [4.78, 5) is 14.6. The Bertz CT molecular complexity index is 290. The maximum Gasteiger partial charge on any atom is 0.226 e. The minimum Gasteiger partial charge on any atom is -0.342 e. The SMILES string of the molecule is CC1(C)CCCCC1C(=O)N1CCC(CCl)C1. The van der Waals surface area contributed by atoms with Gasteiger partial charge >= 0.3 is 0 Å². The molecule has 3 heteroatoms. The zero-order valence-electron chi connectivity index (χ0n) is 11.0. The number of alkyl halides is 1. The number of hydrogen-bond acceptors (Lipinski definition) is 1. The Morgan fingerprint density at radius 2 is 2.12 bits per heavy atom. The van der Waals surface area contributed by atoms with Crippen molar-refractivity contribution in [3.63, 3.8) is 0 Å². The van der Waals surface area contributed by atoms with Gasteiger partial charge in [0.05, 0.1) is 0 Å². The van der Waals surface area contributed by atoms with Crippen LogP contribution in [0.15, 0.2) is 0 Å². The van der Waals surface area contributed by atoms with Crippen molar-refractivity contribution < 1.29 is 4.79 Å². The van der Waals surface area contributed by atoms with E-state index in [9.17, 15) is 4.79 Å². The summed E-state index contributed by atoms with van der Waals surface area (Å²) >= 11 is 5.88. The van der Waals surface area contributed by atoms with Crippen LogP contribution >= 0.6 is 11.6 Å². The highest BCUT2D eigenvalue weighted by Gasteiger charge is 2.40. The number of amides is 1. The summed E-state index contributed by atoms with van der Waals surface area (Å²) in [5.41, 5.74) is 0.189. The summed E-state index contributed by atoms with van der Waals surface area (Å²) in [6.07, 6.45) is 5.85. The fraction of sp³-hybridized carbons (Fsp3) is 0.929. The Morgan fingerprint density at radius 1 is 1.35 bits per heavy atom. The van der Waals surface area contributed by atoms with E-state index in [1.54, 1.807) is 0 Å². The van der Waals surface area contributed by atoms with E-state index in [1.165, 1.54) is 19.3 Å². The molecule has 0 aromatic rings. The molecule has 1 heterocycles. The smallest absolute Gasteiger partial charge is 0.226 e. The summed E-state index contributed by atoms with van der Waals surface area (Å²) in [6, 6.07) is 0. The predicted octanol–water partition coefficient (Wildman–Crippen LogP) is 3.29. The number of rotatable bonds is 2. The predicted molar refractivity (Wildman–Crippen MR) is 71.1 cm³/mol. The van der Waals surface area contributed by atoms with Gasteiger partial charge in [-0.2, -0.15) is 0 Å². The molecule has 0 aromatic heterocycles. The molecule has 2 rings (SSSR count). The number of halogens is 1. The average Bonchev–Trinajstić information content (AvgIpc) is 2.76. The van der Waals surface area contributed by atoms with Crippen LogP contribution in [0, 0.1) is 17.3 Å². The molecule has 1 amide bonds. The van der Waals surface area contributed by atoms with E-state index in [0.717, 1.165) is 25.9 Å². The fourth-order valence-electron chi connectivity index (χ4n) is 3.33. The lowest BCUT2D eigenvalue weighted by Gasteiger charge is -2.39. The summed E-state index contributed by atoms with van der Waals surface area (Å²) in [5.74, 6) is 1.85. The number of nitrogens with zero attached hydrogens (tertiary/aromatic N) is 1. The minimum atomic E-state index is 0.189. The van der Waals surface area contributed by atoms with Crippen LogP contribution in [-0.2, 0) is 4.79 Å². The highest BCUT2D eigenvalue weighted by Crippen LogP contribution is 2.42. The van der Waals surface area contributed by atoms with Crippen molar-refractivity contribution in [1.82, 2.24) is 4.90 Å². The highest BCUT2D eigenvalue weighted by molar-refractivity contribution is 6.18. The molecule has 2 aliphatic rings. The normalized spacial score (nSPS) is 32.8. The first kappa shape index (κ1) is 13.2. The van der Waals surface area contributed by atoms with Crippen molar-refractivity contribution in [3.05, 3.63) is 0 Å². The lowest BCUT2D eigenvalue weighted by atomic mass is 9.68. The molecule has 2 nitrogen and oxygen atoms in total. The summed E-state index contributed by atoms with van der Waals surface area (Å²) < 4.78 is 0. The Hall–Kier alpha value is -0.240. The lowest BCUT2D eigenvalue weighted by Crippen LogP contribution is -2.42. The molecule has 98 valence electrons. The van der Waals surface area contributed by atoms with Gasteiger partial charge < -0.3 is 4.90 Å². The molecule has 1 saturated heterocycles. The molecular weight excluding hydrogens is 234 g/mol. The van der Waals surface area contributed by atoms with Crippen LogP contribution < -0.4 is 0 Å². The van der Waals surface area contributed by atoms with Gasteiger partial charge in [0.25, 0.3) is 0 Å². The van der Waals surface area contributed by atoms with E-state index in [2.05, 4.69) is 18.7 Å². The minimum absolute atomic E-state index is 0.189. The van der Waals surface area contributed by atoms with E-state index < -0.39 is 0 Å². The van der Waals surface area contributed by atoms with Crippen LogP contribution in [0.4, 0.5) is 0 Å². The monoisotopic (exact) mass is 257 g/mol. The van der Waals surface area contributed by atoms with Gasteiger partial charge in [-0.15, -0.1) is 11.6 Å². The van der Waals surface area contributed by atoms with Crippen molar-refractivity contribution in [1.29, 1.82) is 0 Å². The van der Waals surface area contributed by atoms with Crippen molar-refractivity contribution in [2.75, 3.05) is 19.0 Å². The highest BCUT2D eigenvalue weighted by atomic mass is 35.5. The first-order valence-corrected chi connectivity index (χ1v) is 7.43. The van der Waals surface area contributed by atoms with Crippen LogP contribution in [0.5, 0.6) is 0 Å². The van der Waals surface area contributed by atoms with Crippen molar-refractivity contribution >= 4 is 17.5 Å². The molecule has 0 spiro atoms. The van der Waals surface area contributed by atoms with Gasteiger partial charge in [-0.05, 0) is 30.6 Å². The third-order valence-electron chi connectivity index (χ3n) is 4.62. The van der Waals surface area contributed by atoms with Gasteiger partial charge in [-0.1, -0.05) is 26.7 Å². The zero-order chi connectivity index (χ0) is 12.5. The molecule has 2 atom stereocenters. The van der Waals surface area contributed by atoms with Gasteiger partial charge in [0, 0.05) is 24.9 Å². The van der Waals surface area contributed by atoms with Crippen LogP contribution in [0.3, 0.4) is 0 Å². The first-order chi connectivity index (χ1) is 8.04. The Labute approximate surface area is 110 Å². The largest absolute Gasteiger partial charge is 0.342 e. The number of hydrogen-bond donors (Lipinski definition) is 0. The zero-order valence-corrected chi connectivity index (χ0v) is 11.8. The van der Waals surface area contributed by atoms with E-state index >= 15 is 0 Å². The molecule has 1 aliphatic heterocycles. The third-order valence-corrected chi connectivity index (χ3v) is 5.06. The second-order valence-corrected chi connectivity index (χ2v) is 6.69. The number of carbonyl (C=O) groups is 1. The van der Waals surface area contributed by atoms with E-state index in [1.807, 2.05) is 0 Å². The van der Waals surface area contributed by atoms with Crippen LogP contribution in [0.2, 0.25) is 0 Å². The number of carbonyl (C=O) groups excluding carboxylic acids is 1. The van der Waals surface area contributed by atoms with Crippen molar-refractivity contribution in [3.8, 4) is 0 Å². The molecule has 0 N–H and O–H groups in total. The molecule has 2 fully saturated rings. The third kappa shape index (κ3) is 2.78. The van der Waals surface area contributed by atoms with E-state index in [0.29, 0.717) is 17.7 Å². The molecule has 0 radical (unpaired) electrons. The van der Waals surface area contributed by atoms with Crippen LogP contribution in [-0.4, -0.2) is 29.8 Å². The van der Waals surface area contributed by atoms with E-state index in [4.69, 9.17) is 11.6 Å². The Balaban J connectivity index is 1.99. The van der Waals surface area contributed by atoms with Crippen molar-refractivity contribution in [2.24, 2.45) is 17.3 Å². The molecule has 2 unspecified atom stereocenters. The Morgan fingerprint density at radius 3 is 2.71 bits per heavy atom. The quantitative estimate of drug-likeness (QED) is 0.695. The van der Waals surface area contributed by atoms with Gasteiger partial charge in [-0.3, -0.25) is 4.79 Å². The average molecular weight is 258 g/mol. The molecule has 17 heavy (non-hydrogen) atoms. The molecule has 0 bridgehead atoms. The van der Waals surface area contributed by atoms with Crippen LogP contribution in [0.1, 0.15) is 46.0 Å².